The van der Waals surface area contributed by atoms with Gasteiger partial charge in [0.15, 0.2) is 0 Å². The Morgan fingerprint density at radius 3 is 1.72 bits per heavy atom. The summed E-state index contributed by atoms with van der Waals surface area (Å²) in [4.78, 5) is 11.6. The van der Waals surface area contributed by atoms with Gasteiger partial charge >= 0.3 is 6.03 Å². The van der Waals surface area contributed by atoms with Gasteiger partial charge in [-0.25, -0.2) is 4.79 Å². The van der Waals surface area contributed by atoms with Crippen LogP contribution in [-0.4, -0.2) is 39.4 Å². The first-order valence-corrected chi connectivity index (χ1v) is 8.15. The maximum atomic E-state index is 11.6. The number of carbonyl (C=O) groups excluding carboxylic acids is 1. The number of nitrogens with one attached hydrogen (secondary N) is 2. The fraction of sp³-hybridized carbons (Fsp3) is 0.316. The molecule has 2 N–H and O–H groups in total. The zero-order valence-electron chi connectivity index (χ0n) is 14.6. The highest BCUT2D eigenvalue weighted by Gasteiger charge is 2.00. The second-order valence-corrected chi connectivity index (χ2v) is 5.37. The van der Waals surface area contributed by atoms with E-state index in [1.165, 1.54) is 5.56 Å². The Kier molecular flexibility index (Phi) is 7.43. The van der Waals surface area contributed by atoms with Crippen LogP contribution >= 0.6 is 0 Å². The predicted octanol–water partition coefficient (Wildman–Crippen LogP) is 2.76. The Bertz CT molecular complexity index is 641. The van der Waals surface area contributed by atoms with Crippen LogP contribution in [0.2, 0.25) is 0 Å². The Balaban J connectivity index is 1.52. The Morgan fingerprint density at radius 2 is 1.24 bits per heavy atom. The molecule has 2 rings (SSSR count). The molecule has 0 fully saturated rings. The minimum atomic E-state index is -0.245. The van der Waals surface area contributed by atoms with Crippen LogP contribution in [-0.2, 0) is 0 Å². The molecule has 134 valence electrons. The third kappa shape index (κ3) is 7.03. The van der Waals surface area contributed by atoms with Gasteiger partial charge in [0.25, 0.3) is 0 Å². The number of hydrogen-bond acceptors (Lipinski definition) is 4. The van der Waals surface area contributed by atoms with Crippen LogP contribution in [0.5, 0.6) is 17.2 Å². The highest BCUT2D eigenvalue weighted by Crippen LogP contribution is 2.16. The van der Waals surface area contributed by atoms with Crippen LogP contribution in [0.3, 0.4) is 0 Å². The Morgan fingerprint density at radius 1 is 0.800 bits per heavy atom. The van der Waals surface area contributed by atoms with Gasteiger partial charge < -0.3 is 24.8 Å². The van der Waals surface area contributed by atoms with Gasteiger partial charge in [-0.15, -0.1) is 0 Å². The summed E-state index contributed by atoms with van der Waals surface area (Å²) < 4.78 is 16.1. The molecular formula is C19H24N2O4. The molecule has 0 saturated carbocycles. The number of aryl methyl sites for hydroxylation is 1. The van der Waals surface area contributed by atoms with Crippen molar-refractivity contribution in [2.75, 3.05) is 33.4 Å². The Hall–Kier alpha value is -2.89. The third-order valence-corrected chi connectivity index (χ3v) is 3.39. The van der Waals surface area contributed by atoms with E-state index in [9.17, 15) is 4.79 Å². The lowest BCUT2D eigenvalue weighted by molar-refractivity contribution is 0.232. The highest BCUT2D eigenvalue weighted by molar-refractivity contribution is 5.73. The summed E-state index contributed by atoms with van der Waals surface area (Å²) in [5, 5.41) is 5.46. The van der Waals surface area contributed by atoms with Gasteiger partial charge in [0.2, 0.25) is 0 Å². The molecule has 0 spiro atoms. The number of urea groups is 1. The first-order valence-electron chi connectivity index (χ1n) is 8.15. The molecule has 0 aliphatic rings. The van der Waals surface area contributed by atoms with E-state index >= 15 is 0 Å². The van der Waals surface area contributed by atoms with Gasteiger partial charge in [0.05, 0.1) is 20.2 Å². The van der Waals surface area contributed by atoms with Gasteiger partial charge in [-0.2, -0.15) is 0 Å². The molecular weight excluding hydrogens is 320 g/mol. The van der Waals surface area contributed by atoms with E-state index in [-0.39, 0.29) is 6.03 Å². The first-order chi connectivity index (χ1) is 12.2. The van der Waals surface area contributed by atoms with Crippen LogP contribution in [0.25, 0.3) is 0 Å². The minimum absolute atomic E-state index is 0.245. The molecule has 0 aliphatic carbocycles. The lowest BCUT2D eigenvalue weighted by Crippen LogP contribution is -2.39. The summed E-state index contributed by atoms with van der Waals surface area (Å²) in [6, 6.07) is 14.8. The third-order valence-electron chi connectivity index (χ3n) is 3.39. The van der Waals surface area contributed by atoms with Crippen molar-refractivity contribution in [3.8, 4) is 17.2 Å². The zero-order chi connectivity index (χ0) is 17.9. The molecule has 6 nitrogen and oxygen atoms in total. The zero-order valence-corrected chi connectivity index (χ0v) is 14.6. The van der Waals surface area contributed by atoms with Gasteiger partial charge in [-0.05, 0) is 43.3 Å². The summed E-state index contributed by atoms with van der Waals surface area (Å²) in [5.74, 6) is 2.30. The van der Waals surface area contributed by atoms with E-state index in [4.69, 9.17) is 14.2 Å². The van der Waals surface area contributed by atoms with E-state index in [0.717, 1.165) is 17.2 Å². The summed E-state index contributed by atoms with van der Waals surface area (Å²) in [6.45, 7) is 3.67. The maximum absolute atomic E-state index is 11.6. The topological polar surface area (TPSA) is 68.8 Å². The van der Waals surface area contributed by atoms with Crippen molar-refractivity contribution in [1.29, 1.82) is 0 Å². The molecule has 0 atom stereocenters. The molecule has 0 heterocycles. The van der Waals surface area contributed by atoms with Crippen molar-refractivity contribution in [1.82, 2.24) is 10.6 Å². The van der Waals surface area contributed by atoms with Crippen LogP contribution in [0, 0.1) is 6.92 Å². The molecule has 2 aromatic carbocycles. The lowest BCUT2D eigenvalue weighted by Gasteiger charge is -2.10. The molecule has 0 aliphatic heterocycles. The fourth-order valence-corrected chi connectivity index (χ4v) is 2.04. The molecule has 0 saturated heterocycles. The number of methoxy groups -OCH3 is 1. The van der Waals surface area contributed by atoms with E-state index in [1.807, 2.05) is 55.5 Å². The van der Waals surface area contributed by atoms with Crippen molar-refractivity contribution < 1.29 is 19.0 Å². The smallest absolute Gasteiger partial charge is 0.315 e. The molecule has 2 amide bonds. The van der Waals surface area contributed by atoms with Crippen molar-refractivity contribution >= 4 is 6.03 Å². The summed E-state index contributed by atoms with van der Waals surface area (Å²) in [6.07, 6.45) is 0. The second kappa shape index (κ2) is 10.1. The lowest BCUT2D eigenvalue weighted by atomic mass is 10.2. The average molecular weight is 344 g/mol. The van der Waals surface area contributed by atoms with E-state index in [2.05, 4.69) is 10.6 Å². The van der Waals surface area contributed by atoms with E-state index < -0.39 is 0 Å². The molecule has 2 aromatic rings. The molecule has 0 bridgehead atoms. The van der Waals surface area contributed by atoms with Crippen LogP contribution in [0.1, 0.15) is 5.56 Å². The van der Waals surface area contributed by atoms with Crippen LogP contribution < -0.4 is 24.8 Å². The second-order valence-electron chi connectivity index (χ2n) is 5.37. The monoisotopic (exact) mass is 344 g/mol. The summed E-state index contributed by atoms with van der Waals surface area (Å²) >= 11 is 0. The molecule has 0 radical (unpaired) electrons. The number of rotatable bonds is 9. The van der Waals surface area contributed by atoms with Gasteiger partial charge in [-0.1, -0.05) is 17.7 Å². The van der Waals surface area contributed by atoms with Crippen molar-refractivity contribution in [3.63, 3.8) is 0 Å². The number of benzene rings is 2. The van der Waals surface area contributed by atoms with Crippen molar-refractivity contribution in [2.24, 2.45) is 0 Å². The normalized spacial score (nSPS) is 10.0. The van der Waals surface area contributed by atoms with Crippen molar-refractivity contribution in [2.45, 2.75) is 6.92 Å². The fourth-order valence-electron chi connectivity index (χ4n) is 2.04. The van der Waals surface area contributed by atoms with Crippen molar-refractivity contribution in [3.05, 3.63) is 54.1 Å². The molecule has 0 unspecified atom stereocenters. The molecule has 0 aromatic heterocycles. The number of ether oxygens (including phenoxy) is 3. The predicted molar refractivity (Wildman–Crippen MR) is 96.6 cm³/mol. The standard InChI is InChI=1S/C19H24N2O4/c1-15-3-5-17(6-4-15)24-13-11-20-19(22)21-12-14-25-18-9-7-16(23-2)8-10-18/h3-10H,11-14H2,1-2H3,(H2,20,21,22). The van der Waals surface area contributed by atoms with Crippen LogP contribution in [0.4, 0.5) is 4.79 Å². The quantitative estimate of drug-likeness (QED) is 0.687. The van der Waals surface area contributed by atoms with Crippen LogP contribution in [0.15, 0.2) is 48.5 Å². The maximum Gasteiger partial charge on any atom is 0.315 e. The average Bonchev–Trinajstić information content (AvgIpc) is 2.64. The van der Waals surface area contributed by atoms with Gasteiger partial charge in [-0.3, -0.25) is 0 Å². The van der Waals surface area contributed by atoms with Gasteiger partial charge in [0, 0.05) is 0 Å². The minimum Gasteiger partial charge on any atom is -0.497 e. The molecule has 6 heteroatoms. The summed E-state index contributed by atoms with van der Waals surface area (Å²) in [5.41, 5.74) is 1.18. The summed E-state index contributed by atoms with van der Waals surface area (Å²) in [7, 11) is 1.62. The first kappa shape index (κ1) is 18.4. The number of hydrogen-bond donors (Lipinski definition) is 2. The van der Waals surface area contributed by atoms with E-state index in [0.29, 0.717) is 26.3 Å². The van der Waals surface area contributed by atoms with Gasteiger partial charge in [0.1, 0.15) is 30.5 Å². The molecule has 25 heavy (non-hydrogen) atoms. The number of carbonyl (C=O) groups is 1. The van der Waals surface area contributed by atoms with E-state index in [1.54, 1.807) is 7.11 Å². The Labute approximate surface area is 148 Å². The highest BCUT2D eigenvalue weighted by atomic mass is 16.5. The largest absolute Gasteiger partial charge is 0.497 e. The SMILES string of the molecule is COc1ccc(OCCNC(=O)NCCOc2ccc(C)cc2)cc1. The number of amides is 2.